The van der Waals surface area contributed by atoms with Gasteiger partial charge in [-0.05, 0) is 24.3 Å². The van der Waals surface area contributed by atoms with E-state index in [9.17, 15) is 13.0 Å². The van der Waals surface area contributed by atoms with E-state index in [-0.39, 0.29) is 4.90 Å². The van der Waals surface area contributed by atoms with Crippen LogP contribution in [0.15, 0.2) is 28.0 Å². The van der Waals surface area contributed by atoms with Crippen LogP contribution >= 0.6 is 20.4 Å². The van der Waals surface area contributed by atoms with E-state index in [0.717, 1.165) is 5.75 Å². The van der Waals surface area contributed by atoms with Crippen LogP contribution in [0.25, 0.3) is 0 Å². The summed E-state index contributed by atoms with van der Waals surface area (Å²) in [5, 5.41) is 0. The Morgan fingerprint density at radius 1 is 1.39 bits per heavy atom. The predicted molar refractivity (Wildman–Crippen MR) is 69.4 cm³/mol. The second kappa shape index (κ2) is 7.21. The Hall–Kier alpha value is -0.460. The highest BCUT2D eigenvalue weighted by Gasteiger charge is 2.22. The third kappa shape index (κ3) is 4.03. The van der Waals surface area contributed by atoms with Crippen LogP contribution in [0.2, 0.25) is 0 Å². The van der Waals surface area contributed by atoms with Gasteiger partial charge in [0.25, 0.3) is 0 Å². The van der Waals surface area contributed by atoms with Gasteiger partial charge in [-0.1, -0.05) is 19.1 Å². The van der Waals surface area contributed by atoms with E-state index < -0.39 is 25.6 Å². The van der Waals surface area contributed by atoms with E-state index in [0.29, 0.717) is 10.5 Å². The lowest BCUT2D eigenvalue weighted by atomic mass is 10.2. The van der Waals surface area contributed by atoms with Gasteiger partial charge in [0.05, 0.1) is 0 Å². The first kappa shape index (κ1) is 15.6. The molecule has 1 rings (SSSR count). The average molecular weight is 308 g/mol. The molecule has 0 atom stereocenters. The number of aryl methyl sites for hydroxylation is 1. The van der Waals surface area contributed by atoms with Crippen LogP contribution in [-0.4, -0.2) is 21.0 Å². The zero-order valence-electron chi connectivity index (χ0n) is 9.95. The topological polar surface area (TPSA) is 69.7 Å². The van der Waals surface area contributed by atoms with Gasteiger partial charge in [0.15, 0.2) is 6.79 Å². The molecular formula is C10H13O5PS2. The van der Waals surface area contributed by atoms with E-state index in [4.69, 9.17) is 0 Å². The first-order valence-electron chi connectivity index (χ1n) is 5.09. The van der Waals surface area contributed by atoms with Crippen LogP contribution in [0, 0.1) is 6.92 Å². The molecule has 0 spiro atoms. The summed E-state index contributed by atoms with van der Waals surface area (Å²) in [5.74, 6) is 0.752. The molecule has 0 fully saturated rings. The zero-order valence-corrected chi connectivity index (χ0v) is 12.5. The van der Waals surface area contributed by atoms with Crippen molar-refractivity contribution in [1.82, 2.24) is 0 Å². The number of benzene rings is 1. The Morgan fingerprint density at radius 3 is 2.72 bits per heavy atom. The molecule has 1 aromatic carbocycles. The minimum absolute atomic E-state index is 0.142. The SMILES string of the molecule is CCSc1cccc(C)c1S(=O)(=O)OCOP=O. The number of rotatable bonds is 7. The van der Waals surface area contributed by atoms with Gasteiger partial charge in [0.1, 0.15) is 4.90 Å². The van der Waals surface area contributed by atoms with Gasteiger partial charge < -0.3 is 0 Å². The van der Waals surface area contributed by atoms with Crippen molar-refractivity contribution in [2.75, 3.05) is 12.5 Å². The Balaban J connectivity index is 3.09. The minimum atomic E-state index is -3.91. The standard InChI is InChI=1S/C10H13O5PS2/c1-3-17-9-6-4-5-8(2)10(9)18(12,13)15-7-14-16-11/h4-6H,3,7H2,1-2H3. The van der Waals surface area contributed by atoms with Gasteiger partial charge in [-0.2, -0.15) is 8.42 Å². The maximum Gasteiger partial charge on any atom is 0.329 e. The van der Waals surface area contributed by atoms with Crippen molar-refractivity contribution in [3.8, 4) is 0 Å². The van der Waals surface area contributed by atoms with Gasteiger partial charge >= 0.3 is 18.8 Å². The highest BCUT2D eigenvalue weighted by atomic mass is 32.2. The van der Waals surface area contributed by atoms with Gasteiger partial charge in [-0.15, -0.1) is 11.8 Å². The molecule has 1 aromatic rings. The Kier molecular flexibility index (Phi) is 6.25. The van der Waals surface area contributed by atoms with Crippen LogP contribution in [0.4, 0.5) is 0 Å². The molecule has 0 aromatic heterocycles. The second-order valence-electron chi connectivity index (χ2n) is 3.23. The quantitative estimate of drug-likeness (QED) is 0.253. The number of thioether (sulfide) groups is 1. The summed E-state index contributed by atoms with van der Waals surface area (Å²) in [6.07, 6.45) is 0. The molecule has 0 bridgehead atoms. The fourth-order valence-corrected chi connectivity index (χ4v) is 3.88. The molecule has 0 amide bonds. The van der Waals surface area contributed by atoms with Gasteiger partial charge in [-0.25, -0.2) is 8.75 Å². The molecule has 8 heteroatoms. The van der Waals surface area contributed by atoms with Crippen LogP contribution in [-0.2, 0) is 23.4 Å². The van der Waals surface area contributed by atoms with Crippen molar-refractivity contribution in [2.45, 2.75) is 23.6 Å². The van der Waals surface area contributed by atoms with E-state index in [1.165, 1.54) is 11.8 Å². The average Bonchev–Trinajstić information content (AvgIpc) is 2.29. The van der Waals surface area contributed by atoms with Crippen molar-refractivity contribution in [3.63, 3.8) is 0 Å². The van der Waals surface area contributed by atoms with Crippen LogP contribution in [0.1, 0.15) is 12.5 Å². The fourth-order valence-electron chi connectivity index (χ4n) is 1.38. The third-order valence-corrected chi connectivity index (χ3v) is 4.76. The Morgan fingerprint density at radius 2 is 2.11 bits per heavy atom. The molecule has 0 unspecified atom stereocenters. The minimum Gasteiger partial charge on any atom is -0.265 e. The summed E-state index contributed by atoms with van der Waals surface area (Å²) in [6, 6.07) is 5.21. The monoisotopic (exact) mass is 308 g/mol. The molecular weight excluding hydrogens is 295 g/mol. The lowest BCUT2D eigenvalue weighted by molar-refractivity contribution is 0.139. The lowest BCUT2D eigenvalue weighted by Crippen LogP contribution is -2.10. The highest BCUT2D eigenvalue weighted by Crippen LogP contribution is 2.30. The Labute approximate surface area is 112 Å². The normalized spacial score (nSPS) is 11.9. The van der Waals surface area contributed by atoms with Gasteiger partial charge in [-0.3, -0.25) is 4.52 Å². The zero-order chi connectivity index (χ0) is 13.6. The third-order valence-electron chi connectivity index (χ3n) is 2.03. The molecule has 0 aliphatic heterocycles. The maximum absolute atomic E-state index is 12.0. The van der Waals surface area contributed by atoms with Crippen molar-refractivity contribution < 1.29 is 21.7 Å². The molecule has 5 nitrogen and oxygen atoms in total. The summed E-state index contributed by atoms with van der Waals surface area (Å²) < 4.78 is 43.1. The first-order chi connectivity index (χ1) is 8.53. The van der Waals surface area contributed by atoms with Crippen LogP contribution in [0.5, 0.6) is 0 Å². The summed E-state index contributed by atoms with van der Waals surface area (Å²) >= 11 is 1.42. The van der Waals surface area contributed by atoms with E-state index in [1.807, 2.05) is 6.92 Å². The van der Waals surface area contributed by atoms with Crippen molar-refractivity contribution in [3.05, 3.63) is 23.8 Å². The van der Waals surface area contributed by atoms with Crippen molar-refractivity contribution in [2.24, 2.45) is 0 Å². The lowest BCUT2D eigenvalue weighted by Gasteiger charge is -2.11. The molecule has 0 heterocycles. The predicted octanol–water partition coefficient (Wildman–Crippen LogP) is 2.99. The largest absolute Gasteiger partial charge is 0.329 e. The summed E-state index contributed by atoms with van der Waals surface area (Å²) in [5.41, 5.74) is 0.605. The molecule has 0 aliphatic carbocycles. The molecule has 0 radical (unpaired) electrons. The van der Waals surface area contributed by atoms with Crippen molar-refractivity contribution >= 4 is 30.6 Å². The smallest absolute Gasteiger partial charge is 0.265 e. The fraction of sp³-hybridized carbons (Fsp3) is 0.400. The first-order valence-corrected chi connectivity index (χ1v) is 8.21. The molecule has 0 aliphatic rings. The summed E-state index contributed by atoms with van der Waals surface area (Å²) in [6.45, 7) is 3.06. The molecule has 0 saturated carbocycles. The number of hydrogen-bond donors (Lipinski definition) is 0. The maximum atomic E-state index is 12.0. The molecule has 0 saturated heterocycles. The Bertz CT molecular complexity index is 515. The molecule has 18 heavy (non-hydrogen) atoms. The molecule has 100 valence electrons. The second-order valence-corrected chi connectivity index (χ2v) is 6.49. The summed E-state index contributed by atoms with van der Waals surface area (Å²) in [7, 11) is -4.52. The van der Waals surface area contributed by atoms with E-state index in [1.54, 1.807) is 25.1 Å². The molecule has 0 N–H and O–H groups in total. The van der Waals surface area contributed by atoms with Gasteiger partial charge in [0, 0.05) is 4.90 Å². The number of hydrogen-bond acceptors (Lipinski definition) is 6. The van der Waals surface area contributed by atoms with E-state index in [2.05, 4.69) is 8.71 Å². The highest BCUT2D eigenvalue weighted by molar-refractivity contribution is 8.00. The van der Waals surface area contributed by atoms with Crippen LogP contribution < -0.4 is 0 Å². The summed E-state index contributed by atoms with van der Waals surface area (Å²) in [4.78, 5) is 0.778. The van der Waals surface area contributed by atoms with Gasteiger partial charge in [0.2, 0.25) is 0 Å². The van der Waals surface area contributed by atoms with Crippen LogP contribution in [0.3, 0.4) is 0 Å². The van der Waals surface area contributed by atoms with Crippen molar-refractivity contribution in [1.29, 1.82) is 0 Å². The van der Waals surface area contributed by atoms with E-state index >= 15 is 0 Å².